The fraction of sp³-hybridized carbons (Fsp3) is 0.0667. The molecule has 8 heteroatoms. The van der Waals surface area contributed by atoms with Crippen LogP contribution >= 0.6 is 15.9 Å². The summed E-state index contributed by atoms with van der Waals surface area (Å²) in [5.74, 6) is 0.341. The van der Waals surface area contributed by atoms with Gasteiger partial charge in [0.05, 0.1) is 7.11 Å². The van der Waals surface area contributed by atoms with Crippen molar-refractivity contribution in [1.82, 2.24) is 20.2 Å². The number of carbonyl (C=O) groups is 1. The molecule has 0 radical (unpaired) electrons. The van der Waals surface area contributed by atoms with E-state index in [9.17, 15) is 4.79 Å². The van der Waals surface area contributed by atoms with Crippen LogP contribution in [0.4, 0.5) is 5.69 Å². The monoisotopic (exact) mass is 373 g/mol. The highest BCUT2D eigenvalue weighted by Crippen LogP contribution is 2.26. The lowest BCUT2D eigenvalue weighted by molar-refractivity contribution is 0.102. The molecule has 23 heavy (non-hydrogen) atoms. The van der Waals surface area contributed by atoms with Gasteiger partial charge in [0, 0.05) is 21.8 Å². The van der Waals surface area contributed by atoms with Crippen molar-refractivity contribution < 1.29 is 9.53 Å². The summed E-state index contributed by atoms with van der Waals surface area (Å²) in [6.45, 7) is 0. The number of tetrazole rings is 1. The van der Waals surface area contributed by atoms with Crippen molar-refractivity contribution in [1.29, 1.82) is 0 Å². The van der Waals surface area contributed by atoms with Crippen LogP contribution in [0.2, 0.25) is 0 Å². The molecule has 3 rings (SSSR count). The zero-order valence-electron chi connectivity index (χ0n) is 12.1. The lowest BCUT2D eigenvalue weighted by Crippen LogP contribution is -2.12. The molecule has 1 N–H and O–H groups in total. The number of anilines is 1. The van der Waals surface area contributed by atoms with Crippen LogP contribution in [-0.4, -0.2) is 33.2 Å². The number of carbonyl (C=O) groups excluding carboxylic acids is 1. The number of hydrogen-bond donors (Lipinski definition) is 1. The van der Waals surface area contributed by atoms with Gasteiger partial charge in [0.2, 0.25) is 0 Å². The lowest BCUT2D eigenvalue weighted by atomic mass is 10.2. The molecule has 3 aromatic rings. The number of amides is 1. The van der Waals surface area contributed by atoms with E-state index in [-0.39, 0.29) is 5.91 Å². The minimum Gasteiger partial charge on any atom is -0.494 e. The Morgan fingerprint density at radius 3 is 2.83 bits per heavy atom. The van der Waals surface area contributed by atoms with Crippen molar-refractivity contribution >= 4 is 27.5 Å². The first kappa shape index (κ1) is 15.2. The van der Waals surface area contributed by atoms with Gasteiger partial charge in [-0.1, -0.05) is 22.0 Å². The van der Waals surface area contributed by atoms with E-state index in [4.69, 9.17) is 4.74 Å². The van der Waals surface area contributed by atoms with Crippen LogP contribution in [0.1, 0.15) is 10.4 Å². The third-order valence-electron chi connectivity index (χ3n) is 3.12. The van der Waals surface area contributed by atoms with Crippen molar-refractivity contribution in [2.45, 2.75) is 0 Å². The molecule has 1 heterocycles. The first-order valence-electron chi connectivity index (χ1n) is 6.65. The number of nitrogens with one attached hydrogen (secondary N) is 1. The highest BCUT2D eigenvalue weighted by atomic mass is 79.9. The zero-order chi connectivity index (χ0) is 16.2. The molecule has 1 aromatic heterocycles. The summed E-state index contributed by atoms with van der Waals surface area (Å²) < 4.78 is 7.67. The maximum atomic E-state index is 12.3. The number of ether oxygens (including phenoxy) is 1. The van der Waals surface area contributed by atoms with Gasteiger partial charge >= 0.3 is 0 Å². The van der Waals surface area contributed by atoms with Crippen molar-refractivity contribution in [3.8, 4) is 11.4 Å². The summed E-state index contributed by atoms with van der Waals surface area (Å²) in [7, 11) is 1.54. The second-order valence-electron chi connectivity index (χ2n) is 4.61. The van der Waals surface area contributed by atoms with Crippen LogP contribution in [0.25, 0.3) is 5.69 Å². The second kappa shape index (κ2) is 6.57. The summed E-state index contributed by atoms with van der Waals surface area (Å²) >= 11 is 3.35. The number of hydrogen-bond acceptors (Lipinski definition) is 5. The summed E-state index contributed by atoms with van der Waals surface area (Å²) in [6.07, 6.45) is 1.47. The highest BCUT2D eigenvalue weighted by Gasteiger charge is 2.11. The minimum absolute atomic E-state index is 0.205. The molecule has 0 fully saturated rings. The fourth-order valence-corrected chi connectivity index (χ4v) is 2.45. The molecule has 0 atom stereocenters. The highest BCUT2D eigenvalue weighted by molar-refractivity contribution is 9.10. The van der Waals surface area contributed by atoms with E-state index in [0.29, 0.717) is 22.7 Å². The van der Waals surface area contributed by atoms with Gasteiger partial charge in [0.15, 0.2) is 0 Å². The van der Waals surface area contributed by atoms with Gasteiger partial charge in [0.1, 0.15) is 17.8 Å². The molecule has 0 aliphatic rings. The number of methoxy groups -OCH3 is 1. The first-order valence-corrected chi connectivity index (χ1v) is 7.45. The molecule has 0 spiro atoms. The van der Waals surface area contributed by atoms with E-state index in [2.05, 4.69) is 36.8 Å². The van der Waals surface area contributed by atoms with Gasteiger partial charge in [-0.2, -0.15) is 4.68 Å². The summed E-state index contributed by atoms with van der Waals surface area (Å²) in [4.78, 5) is 12.3. The summed E-state index contributed by atoms with van der Waals surface area (Å²) in [5.41, 5.74) is 1.85. The molecular weight excluding hydrogens is 362 g/mol. The van der Waals surface area contributed by atoms with E-state index in [1.165, 1.54) is 11.0 Å². The van der Waals surface area contributed by atoms with E-state index in [0.717, 1.165) is 4.47 Å². The Balaban J connectivity index is 1.85. The van der Waals surface area contributed by atoms with E-state index in [1.807, 2.05) is 6.07 Å². The Bertz CT molecular complexity index is 836. The van der Waals surface area contributed by atoms with Crippen LogP contribution in [0, 0.1) is 0 Å². The van der Waals surface area contributed by atoms with Gasteiger partial charge in [0.25, 0.3) is 5.91 Å². The molecule has 0 bridgehead atoms. The number of aromatic nitrogens is 4. The number of benzene rings is 2. The molecule has 7 nitrogen and oxygen atoms in total. The predicted molar refractivity (Wildman–Crippen MR) is 87.8 cm³/mol. The van der Waals surface area contributed by atoms with Crippen LogP contribution in [0.3, 0.4) is 0 Å². The Labute approximate surface area is 140 Å². The predicted octanol–water partition coefficient (Wildman–Crippen LogP) is 2.69. The Kier molecular flexibility index (Phi) is 4.33. The van der Waals surface area contributed by atoms with E-state index < -0.39 is 0 Å². The van der Waals surface area contributed by atoms with Gasteiger partial charge in [-0.15, -0.1) is 5.10 Å². The summed E-state index contributed by atoms with van der Waals surface area (Å²) in [6, 6.07) is 12.4. The quantitative estimate of drug-likeness (QED) is 0.760. The molecule has 0 saturated carbocycles. The topological polar surface area (TPSA) is 81.9 Å². The molecule has 116 valence electrons. The fourth-order valence-electron chi connectivity index (χ4n) is 2.05. The van der Waals surface area contributed by atoms with E-state index >= 15 is 0 Å². The number of nitrogens with zero attached hydrogens (tertiary/aromatic N) is 4. The number of halogens is 1. The van der Waals surface area contributed by atoms with Crippen molar-refractivity contribution in [2.75, 3.05) is 12.4 Å². The van der Waals surface area contributed by atoms with Gasteiger partial charge in [-0.05, 0) is 40.8 Å². The van der Waals surface area contributed by atoms with Crippen molar-refractivity contribution in [3.05, 3.63) is 58.8 Å². The molecule has 0 aliphatic heterocycles. The van der Waals surface area contributed by atoms with Crippen LogP contribution in [0.15, 0.2) is 53.3 Å². The maximum absolute atomic E-state index is 12.3. The van der Waals surface area contributed by atoms with Gasteiger partial charge in [-0.25, -0.2) is 0 Å². The molecule has 0 aliphatic carbocycles. The average molecular weight is 374 g/mol. The van der Waals surface area contributed by atoms with Crippen LogP contribution in [-0.2, 0) is 0 Å². The lowest BCUT2D eigenvalue weighted by Gasteiger charge is -2.11. The molecular formula is C15H12BrN5O2. The van der Waals surface area contributed by atoms with E-state index in [1.54, 1.807) is 43.5 Å². The smallest absolute Gasteiger partial charge is 0.255 e. The Morgan fingerprint density at radius 1 is 1.26 bits per heavy atom. The molecule has 2 aromatic carbocycles. The Hall–Kier alpha value is -2.74. The molecule has 1 amide bonds. The second-order valence-corrected chi connectivity index (χ2v) is 5.52. The molecule has 0 unspecified atom stereocenters. The standard InChI is InChI=1S/C15H12BrN5O2/c1-23-14-8-12(5-6-13(14)21-9-17-19-20-21)18-15(22)10-3-2-4-11(16)7-10/h2-9H,1H3,(H,18,22). The minimum atomic E-state index is -0.205. The Morgan fingerprint density at radius 2 is 2.13 bits per heavy atom. The maximum Gasteiger partial charge on any atom is 0.255 e. The average Bonchev–Trinajstić information content (AvgIpc) is 3.09. The SMILES string of the molecule is COc1cc(NC(=O)c2cccc(Br)c2)ccc1-n1cnnn1. The van der Waals surface area contributed by atoms with Crippen LogP contribution in [0.5, 0.6) is 5.75 Å². The van der Waals surface area contributed by atoms with Crippen LogP contribution < -0.4 is 10.1 Å². The first-order chi connectivity index (χ1) is 11.2. The third-order valence-corrected chi connectivity index (χ3v) is 3.61. The normalized spacial score (nSPS) is 10.3. The van der Waals surface area contributed by atoms with Gasteiger partial charge < -0.3 is 10.1 Å². The summed E-state index contributed by atoms with van der Waals surface area (Å²) in [5, 5.41) is 13.8. The number of rotatable bonds is 4. The largest absolute Gasteiger partial charge is 0.494 e. The van der Waals surface area contributed by atoms with Crippen molar-refractivity contribution in [3.63, 3.8) is 0 Å². The zero-order valence-corrected chi connectivity index (χ0v) is 13.7. The third kappa shape index (κ3) is 3.37. The van der Waals surface area contributed by atoms with Crippen molar-refractivity contribution in [2.24, 2.45) is 0 Å². The van der Waals surface area contributed by atoms with Gasteiger partial charge in [-0.3, -0.25) is 4.79 Å². The molecule has 0 saturated heterocycles.